The second-order valence-corrected chi connectivity index (χ2v) is 4.85. The summed E-state index contributed by atoms with van der Waals surface area (Å²) in [6.45, 7) is 2.21. The lowest BCUT2D eigenvalue weighted by Gasteiger charge is -2.25. The zero-order chi connectivity index (χ0) is 11.3. The van der Waals surface area contributed by atoms with Crippen LogP contribution in [0.3, 0.4) is 0 Å². The number of aliphatic hydroxyl groups excluding tert-OH is 1. The van der Waals surface area contributed by atoms with E-state index >= 15 is 0 Å². The van der Waals surface area contributed by atoms with Gasteiger partial charge >= 0.3 is 0 Å². The maximum absolute atomic E-state index is 8.80. The highest BCUT2D eigenvalue weighted by Gasteiger charge is 2.19. The Morgan fingerprint density at radius 3 is 2.40 bits per heavy atom. The van der Waals surface area contributed by atoms with Crippen molar-refractivity contribution in [3.8, 4) is 0 Å². The number of hydrogen-bond acceptors (Lipinski definition) is 3. The molecule has 1 atom stereocenters. The van der Waals surface area contributed by atoms with Crippen LogP contribution in [0.25, 0.3) is 0 Å². The van der Waals surface area contributed by atoms with Crippen LogP contribution in [0.15, 0.2) is 29.2 Å². The number of nitrogens with two attached hydrogens (primary N) is 1. The summed E-state index contributed by atoms with van der Waals surface area (Å²) in [7, 11) is 0. The maximum atomic E-state index is 8.80. The number of rotatable bonds is 5. The molecule has 1 aromatic carbocycles. The third-order valence-electron chi connectivity index (χ3n) is 2.60. The summed E-state index contributed by atoms with van der Waals surface area (Å²) >= 11 is 1.73. The van der Waals surface area contributed by atoms with Crippen LogP contribution in [0.5, 0.6) is 0 Å². The Balaban J connectivity index is 2.75. The molecule has 0 saturated carbocycles. The molecular weight excluding hydrogens is 206 g/mol. The highest BCUT2D eigenvalue weighted by molar-refractivity contribution is 7.98. The standard InChI is InChI=1S/C12H19NOS/c1-12(13,8-3-9-14)10-4-6-11(15-2)7-5-10/h4-7,14H,3,8-9,13H2,1-2H3. The average Bonchev–Trinajstić information content (AvgIpc) is 2.26. The van der Waals surface area contributed by atoms with Gasteiger partial charge in [-0.3, -0.25) is 0 Å². The van der Waals surface area contributed by atoms with Crippen molar-refractivity contribution in [1.29, 1.82) is 0 Å². The smallest absolute Gasteiger partial charge is 0.0431 e. The zero-order valence-electron chi connectivity index (χ0n) is 9.36. The first-order chi connectivity index (χ1) is 7.10. The molecule has 2 nitrogen and oxygen atoms in total. The normalized spacial score (nSPS) is 14.9. The van der Waals surface area contributed by atoms with E-state index in [1.54, 1.807) is 11.8 Å². The third kappa shape index (κ3) is 3.52. The van der Waals surface area contributed by atoms with Gasteiger partial charge in [-0.2, -0.15) is 0 Å². The third-order valence-corrected chi connectivity index (χ3v) is 3.35. The summed E-state index contributed by atoms with van der Waals surface area (Å²) in [5.41, 5.74) is 7.00. The largest absolute Gasteiger partial charge is 0.396 e. The van der Waals surface area contributed by atoms with Gasteiger partial charge in [-0.1, -0.05) is 12.1 Å². The molecule has 0 saturated heterocycles. The summed E-state index contributed by atoms with van der Waals surface area (Å²) < 4.78 is 0. The van der Waals surface area contributed by atoms with Crippen molar-refractivity contribution >= 4 is 11.8 Å². The molecule has 15 heavy (non-hydrogen) atoms. The van der Waals surface area contributed by atoms with Gasteiger partial charge in [-0.15, -0.1) is 11.8 Å². The lowest BCUT2D eigenvalue weighted by atomic mass is 9.89. The molecule has 1 unspecified atom stereocenters. The highest BCUT2D eigenvalue weighted by Crippen LogP contribution is 2.25. The SMILES string of the molecule is CSc1ccc(C(C)(N)CCCO)cc1. The van der Waals surface area contributed by atoms with E-state index in [9.17, 15) is 0 Å². The molecule has 84 valence electrons. The second kappa shape index (κ2) is 5.54. The molecule has 3 N–H and O–H groups in total. The first kappa shape index (κ1) is 12.6. The van der Waals surface area contributed by atoms with E-state index in [0.717, 1.165) is 18.4 Å². The Morgan fingerprint density at radius 1 is 1.33 bits per heavy atom. The number of hydrogen-bond donors (Lipinski definition) is 2. The molecule has 0 bridgehead atoms. The maximum Gasteiger partial charge on any atom is 0.0431 e. The highest BCUT2D eigenvalue weighted by atomic mass is 32.2. The van der Waals surface area contributed by atoms with Gasteiger partial charge in [0.25, 0.3) is 0 Å². The van der Waals surface area contributed by atoms with E-state index in [4.69, 9.17) is 10.8 Å². The van der Waals surface area contributed by atoms with E-state index in [1.165, 1.54) is 4.90 Å². The van der Waals surface area contributed by atoms with Crippen molar-refractivity contribution < 1.29 is 5.11 Å². The van der Waals surface area contributed by atoms with Crippen LogP contribution < -0.4 is 5.73 Å². The molecule has 0 amide bonds. The number of aliphatic hydroxyl groups is 1. The Hall–Kier alpha value is -0.510. The molecule has 0 fully saturated rings. The van der Waals surface area contributed by atoms with Gasteiger partial charge in [0.15, 0.2) is 0 Å². The predicted molar refractivity (Wildman–Crippen MR) is 66.1 cm³/mol. The first-order valence-electron chi connectivity index (χ1n) is 5.14. The van der Waals surface area contributed by atoms with Crippen LogP contribution in [0.1, 0.15) is 25.3 Å². The van der Waals surface area contributed by atoms with Crippen molar-refractivity contribution in [3.63, 3.8) is 0 Å². The van der Waals surface area contributed by atoms with E-state index in [0.29, 0.717) is 0 Å². The summed E-state index contributed by atoms with van der Waals surface area (Å²) in [6.07, 6.45) is 3.61. The fourth-order valence-corrected chi connectivity index (χ4v) is 1.97. The van der Waals surface area contributed by atoms with Crippen LogP contribution in [0.2, 0.25) is 0 Å². The van der Waals surface area contributed by atoms with Crippen LogP contribution >= 0.6 is 11.8 Å². The molecule has 0 aliphatic heterocycles. The Kier molecular flexibility index (Phi) is 4.64. The van der Waals surface area contributed by atoms with Crippen LogP contribution in [-0.4, -0.2) is 18.0 Å². The lowest BCUT2D eigenvalue weighted by Crippen LogP contribution is -2.33. The van der Waals surface area contributed by atoms with Gasteiger partial charge in [0.1, 0.15) is 0 Å². The van der Waals surface area contributed by atoms with E-state index in [1.807, 2.05) is 6.92 Å². The second-order valence-electron chi connectivity index (χ2n) is 3.97. The zero-order valence-corrected chi connectivity index (χ0v) is 10.2. The van der Waals surface area contributed by atoms with Gasteiger partial charge < -0.3 is 10.8 Å². The molecule has 0 aromatic heterocycles. The molecular formula is C12H19NOS. The summed E-state index contributed by atoms with van der Waals surface area (Å²) in [6, 6.07) is 8.32. The summed E-state index contributed by atoms with van der Waals surface area (Å²) in [5, 5.41) is 8.80. The predicted octanol–water partition coefficient (Wildman–Crippen LogP) is 2.35. The first-order valence-corrected chi connectivity index (χ1v) is 6.37. The molecule has 1 aromatic rings. The van der Waals surface area contributed by atoms with Gasteiger partial charge in [0.2, 0.25) is 0 Å². The van der Waals surface area contributed by atoms with Gasteiger partial charge in [-0.25, -0.2) is 0 Å². The molecule has 1 rings (SSSR count). The van der Waals surface area contributed by atoms with Crippen molar-refractivity contribution in [3.05, 3.63) is 29.8 Å². The van der Waals surface area contributed by atoms with Crippen molar-refractivity contribution in [2.45, 2.75) is 30.2 Å². The minimum Gasteiger partial charge on any atom is -0.396 e. The molecule has 0 spiro atoms. The minimum absolute atomic E-state index is 0.204. The van der Waals surface area contributed by atoms with Crippen molar-refractivity contribution in [2.24, 2.45) is 5.73 Å². The topological polar surface area (TPSA) is 46.2 Å². The van der Waals surface area contributed by atoms with Gasteiger partial charge in [0, 0.05) is 17.0 Å². The van der Waals surface area contributed by atoms with Crippen LogP contribution in [0, 0.1) is 0 Å². The Labute approximate surface area is 95.9 Å². The quantitative estimate of drug-likeness (QED) is 0.756. The Morgan fingerprint density at radius 2 is 1.93 bits per heavy atom. The summed E-state index contributed by atoms with van der Waals surface area (Å²) in [5.74, 6) is 0. The van der Waals surface area contributed by atoms with Crippen LogP contribution in [0.4, 0.5) is 0 Å². The fourth-order valence-electron chi connectivity index (χ4n) is 1.56. The molecule has 0 heterocycles. The molecule has 0 aliphatic carbocycles. The average molecular weight is 225 g/mol. The van der Waals surface area contributed by atoms with Gasteiger partial charge in [-0.05, 0) is 43.7 Å². The van der Waals surface area contributed by atoms with Gasteiger partial charge in [0.05, 0.1) is 0 Å². The number of thioether (sulfide) groups is 1. The number of benzene rings is 1. The monoisotopic (exact) mass is 225 g/mol. The lowest BCUT2D eigenvalue weighted by molar-refractivity contribution is 0.265. The van der Waals surface area contributed by atoms with Crippen molar-refractivity contribution in [2.75, 3.05) is 12.9 Å². The van der Waals surface area contributed by atoms with E-state index in [-0.39, 0.29) is 12.1 Å². The fraction of sp³-hybridized carbons (Fsp3) is 0.500. The molecule has 3 heteroatoms. The van der Waals surface area contributed by atoms with Crippen molar-refractivity contribution in [1.82, 2.24) is 0 Å². The Bertz CT molecular complexity index is 295. The summed E-state index contributed by atoms with van der Waals surface area (Å²) in [4.78, 5) is 1.25. The van der Waals surface area contributed by atoms with E-state index < -0.39 is 0 Å². The molecule has 0 aliphatic rings. The molecule has 0 radical (unpaired) electrons. The van der Waals surface area contributed by atoms with Crippen LogP contribution in [-0.2, 0) is 5.54 Å². The van der Waals surface area contributed by atoms with E-state index in [2.05, 4.69) is 30.5 Å². The minimum atomic E-state index is -0.334.